The molecule has 1 fully saturated rings. The van der Waals surface area contributed by atoms with Gasteiger partial charge in [0.1, 0.15) is 0 Å². The highest BCUT2D eigenvalue weighted by molar-refractivity contribution is 7.07. The molecule has 0 radical (unpaired) electrons. The molecule has 1 aromatic carbocycles. The first-order valence-electron chi connectivity index (χ1n) is 9.56. The molecule has 2 heterocycles. The fourth-order valence-electron chi connectivity index (χ4n) is 4.05. The Morgan fingerprint density at radius 3 is 2.62 bits per heavy atom. The van der Waals surface area contributed by atoms with E-state index in [1.54, 1.807) is 18.3 Å². The molecule has 0 aliphatic carbocycles. The summed E-state index contributed by atoms with van der Waals surface area (Å²) in [6.45, 7) is 10.9. The average Bonchev–Trinajstić information content (AvgIpc) is 3.25. The predicted molar refractivity (Wildman–Crippen MR) is 109 cm³/mol. The zero-order valence-electron chi connectivity index (χ0n) is 16.1. The van der Waals surface area contributed by atoms with E-state index in [1.165, 1.54) is 11.1 Å². The number of carbonyl (C=O) groups excluding carboxylic acids is 1. The molecule has 1 amide bonds. The lowest BCUT2D eigenvalue weighted by Gasteiger charge is -2.29. The Balaban J connectivity index is 1.75. The molecule has 0 bridgehead atoms. The van der Waals surface area contributed by atoms with Gasteiger partial charge >= 0.3 is 0 Å². The maximum atomic E-state index is 12.2. The van der Waals surface area contributed by atoms with Crippen molar-refractivity contribution in [2.75, 3.05) is 26.2 Å². The molecule has 0 spiro atoms. The van der Waals surface area contributed by atoms with Gasteiger partial charge in [-0.3, -0.25) is 9.69 Å². The number of likely N-dealkylation sites (tertiary alicyclic amines) is 1. The zero-order chi connectivity index (χ0) is 18.5. The topological polar surface area (TPSA) is 23.6 Å². The number of carbonyl (C=O) groups is 1. The standard InChI is InChI=1S/C22H30N2OS/c1-17(2)11-24(18(3)25)14-21-13-23(12-19-9-10-26-16-19)15-22(21)20-7-5-4-6-8-20/h4-10,16-17,21-22H,11-15H2,1-3H3. The van der Waals surface area contributed by atoms with E-state index in [0.717, 1.165) is 32.7 Å². The van der Waals surface area contributed by atoms with Crippen LogP contribution >= 0.6 is 11.3 Å². The monoisotopic (exact) mass is 370 g/mol. The van der Waals surface area contributed by atoms with Crippen molar-refractivity contribution in [3.8, 4) is 0 Å². The predicted octanol–water partition coefficient (Wildman–Crippen LogP) is 4.47. The van der Waals surface area contributed by atoms with Crippen LogP contribution in [0.1, 0.15) is 37.8 Å². The lowest BCUT2D eigenvalue weighted by Crippen LogP contribution is -2.38. The highest BCUT2D eigenvalue weighted by atomic mass is 32.1. The van der Waals surface area contributed by atoms with Gasteiger partial charge in [0, 0.05) is 45.6 Å². The van der Waals surface area contributed by atoms with E-state index in [2.05, 4.69) is 70.8 Å². The highest BCUT2D eigenvalue weighted by Gasteiger charge is 2.35. The van der Waals surface area contributed by atoms with Crippen LogP contribution in [-0.4, -0.2) is 41.9 Å². The quantitative estimate of drug-likeness (QED) is 0.718. The van der Waals surface area contributed by atoms with Crippen LogP contribution in [0.3, 0.4) is 0 Å². The van der Waals surface area contributed by atoms with Crippen molar-refractivity contribution in [3.05, 3.63) is 58.3 Å². The van der Waals surface area contributed by atoms with E-state index in [1.807, 2.05) is 0 Å². The maximum Gasteiger partial charge on any atom is 0.219 e. The molecule has 2 aromatic rings. The first-order chi connectivity index (χ1) is 12.5. The lowest BCUT2D eigenvalue weighted by molar-refractivity contribution is -0.130. The van der Waals surface area contributed by atoms with Crippen LogP contribution in [0.5, 0.6) is 0 Å². The van der Waals surface area contributed by atoms with Crippen LogP contribution in [0.4, 0.5) is 0 Å². The molecule has 140 valence electrons. The molecular weight excluding hydrogens is 340 g/mol. The van der Waals surface area contributed by atoms with Gasteiger partial charge in [-0.1, -0.05) is 44.2 Å². The number of benzene rings is 1. The van der Waals surface area contributed by atoms with E-state index in [0.29, 0.717) is 17.8 Å². The van der Waals surface area contributed by atoms with E-state index >= 15 is 0 Å². The van der Waals surface area contributed by atoms with Crippen molar-refractivity contribution in [1.29, 1.82) is 0 Å². The first kappa shape index (κ1) is 19.1. The van der Waals surface area contributed by atoms with Crippen LogP contribution in [-0.2, 0) is 11.3 Å². The molecule has 1 aromatic heterocycles. The summed E-state index contributed by atoms with van der Waals surface area (Å²) >= 11 is 1.76. The van der Waals surface area contributed by atoms with Crippen LogP contribution in [0.15, 0.2) is 47.2 Å². The Hall–Kier alpha value is -1.65. The van der Waals surface area contributed by atoms with Crippen molar-refractivity contribution in [2.45, 2.75) is 33.2 Å². The Kier molecular flexibility index (Phi) is 6.49. The normalized spacial score (nSPS) is 20.6. The number of nitrogens with zero attached hydrogens (tertiary/aromatic N) is 2. The van der Waals surface area contributed by atoms with Crippen molar-refractivity contribution >= 4 is 17.2 Å². The summed E-state index contributed by atoms with van der Waals surface area (Å²) in [7, 11) is 0. The Labute approximate surface area is 161 Å². The van der Waals surface area contributed by atoms with Gasteiger partial charge < -0.3 is 4.90 Å². The number of rotatable bonds is 7. The molecule has 1 aliphatic rings. The maximum absolute atomic E-state index is 12.2. The van der Waals surface area contributed by atoms with Crippen molar-refractivity contribution in [2.24, 2.45) is 11.8 Å². The Morgan fingerprint density at radius 2 is 2.00 bits per heavy atom. The van der Waals surface area contributed by atoms with Crippen LogP contribution in [0, 0.1) is 11.8 Å². The van der Waals surface area contributed by atoms with Gasteiger partial charge in [-0.2, -0.15) is 11.3 Å². The third-order valence-electron chi connectivity index (χ3n) is 5.22. The van der Waals surface area contributed by atoms with Gasteiger partial charge in [0.25, 0.3) is 0 Å². The minimum absolute atomic E-state index is 0.196. The summed E-state index contributed by atoms with van der Waals surface area (Å²) in [5.41, 5.74) is 2.80. The van der Waals surface area contributed by atoms with Crippen molar-refractivity contribution in [1.82, 2.24) is 9.80 Å². The fourth-order valence-corrected chi connectivity index (χ4v) is 4.71. The third kappa shape index (κ3) is 4.95. The van der Waals surface area contributed by atoms with Gasteiger partial charge in [0.05, 0.1) is 0 Å². The summed E-state index contributed by atoms with van der Waals surface area (Å²) in [5, 5.41) is 4.39. The summed E-state index contributed by atoms with van der Waals surface area (Å²) in [6.07, 6.45) is 0. The van der Waals surface area contributed by atoms with E-state index in [9.17, 15) is 4.79 Å². The molecule has 0 N–H and O–H groups in total. The summed E-state index contributed by atoms with van der Waals surface area (Å²) < 4.78 is 0. The summed E-state index contributed by atoms with van der Waals surface area (Å²) in [5.74, 6) is 1.67. The van der Waals surface area contributed by atoms with Crippen LogP contribution < -0.4 is 0 Å². The van der Waals surface area contributed by atoms with E-state index < -0.39 is 0 Å². The van der Waals surface area contributed by atoms with E-state index in [-0.39, 0.29) is 5.91 Å². The van der Waals surface area contributed by atoms with Crippen molar-refractivity contribution < 1.29 is 4.79 Å². The summed E-state index contributed by atoms with van der Waals surface area (Å²) in [4.78, 5) is 16.8. The van der Waals surface area contributed by atoms with Crippen LogP contribution in [0.2, 0.25) is 0 Å². The second-order valence-electron chi connectivity index (χ2n) is 7.92. The summed E-state index contributed by atoms with van der Waals surface area (Å²) in [6, 6.07) is 13.0. The first-order valence-corrected chi connectivity index (χ1v) is 10.5. The molecule has 3 rings (SSSR count). The number of amides is 1. The lowest BCUT2D eigenvalue weighted by atomic mass is 9.88. The molecule has 3 nitrogen and oxygen atoms in total. The third-order valence-corrected chi connectivity index (χ3v) is 5.95. The zero-order valence-corrected chi connectivity index (χ0v) is 16.9. The number of hydrogen-bond donors (Lipinski definition) is 0. The second-order valence-corrected chi connectivity index (χ2v) is 8.70. The largest absolute Gasteiger partial charge is 0.342 e. The van der Waals surface area contributed by atoms with Gasteiger partial charge in [-0.25, -0.2) is 0 Å². The molecule has 1 aliphatic heterocycles. The minimum atomic E-state index is 0.196. The van der Waals surface area contributed by atoms with Gasteiger partial charge in [-0.05, 0) is 39.8 Å². The second kappa shape index (κ2) is 8.83. The van der Waals surface area contributed by atoms with E-state index in [4.69, 9.17) is 0 Å². The minimum Gasteiger partial charge on any atom is -0.342 e. The number of thiophene rings is 1. The molecule has 2 atom stereocenters. The van der Waals surface area contributed by atoms with Gasteiger partial charge in [-0.15, -0.1) is 0 Å². The smallest absolute Gasteiger partial charge is 0.219 e. The highest BCUT2D eigenvalue weighted by Crippen LogP contribution is 2.34. The average molecular weight is 371 g/mol. The fraction of sp³-hybridized carbons (Fsp3) is 0.500. The van der Waals surface area contributed by atoms with Gasteiger partial charge in [0.15, 0.2) is 0 Å². The Morgan fingerprint density at radius 1 is 1.23 bits per heavy atom. The Bertz CT molecular complexity index is 683. The molecule has 1 saturated heterocycles. The molecule has 0 saturated carbocycles. The molecular formula is C22H30N2OS. The molecule has 2 unspecified atom stereocenters. The van der Waals surface area contributed by atoms with Crippen molar-refractivity contribution in [3.63, 3.8) is 0 Å². The molecule has 4 heteroatoms. The van der Waals surface area contributed by atoms with Gasteiger partial charge in [0.2, 0.25) is 5.91 Å². The van der Waals surface area contributed by atoms with Crippen LogP contribution in [0.25, 0.3) is 0 Å². The number of hydrogen-bond acceptors (Lipinski definition) is 3. The SMILES string of the molecule is CC(=O)N(CC(C)C)CC1CN(Cc2ccsc2)CC1c1ccccc1. The molecule has 26 heavy (non-hydrogen) atoms.